The number of anilines is 1. The van der Waals surface area contributed by atoms with Gasteiger partial charge in [0.1, 0.15) is 0 Å². The number of rotatable bonds is 8. The average molecular weight is 375 g/mol. The molecule has 2 aromatic carbocycles. The molecule has 2 aromatic rings. The molecule has 0 aromatic heterocycles. The molecular formula is C20H26N2O3S. The Hall–Kier alpha value is -2.34. The molecule has 0 aliphatic rings. The Morgan fingerprint density at radius 2 is 1.81 bits per heavy atom. The SMILES string of the molecule is CCc1ccccc1NS(=O)(=O)c1cccc(C(=O)NCCC(C)C)c1. The first-order chi connectivity index (χ1) is 12.3. The average Bonchev–Trinajstić information content (AvgIpc) is 2.61. The van der Waals surface area contributed by atoms with Crippen molar-refractivity contribution in [1.82, 2.24) is 5.32 Å². The van der Waals surface area contributed by atoms with Crippen LogP contribution in [0.15, 0.2) is 53.4 Å². The Morgan fingerprint density at radius 3 is 2.50 bits per heavy atom. The molecule has 0 unspecified atom stereocenters. The van der Waals surface area contributed by atoms with Crippen molar-refractivity contribution in [3.05, 3.63) is 59.7 Å². The largest absolute Gasteiger partial charge is 0.352 e. The first kappa shape index (κ1) is 20.0. The van der Waals surface area contributed by atoms with Gasteiger partial charge in [0.15, 0.2) is 0 Å². The van der Waals surface area contributed by atoms with Crippen molar-refractivity contribution in [2.24, 2.45) is 5.92 Å². The van der Waals surface area contributed by atoms with Gasteiger partial charge >= 0.3 is 0 Å². The lowest BCUT2D eigenvalue weighted by Crippen LogP contribution is -2.25. The molecule has 0 radical (unpaired) electrons. The Kier molecular flexibility index (Phi) is 6.80. The van der Waals surface area contributed by atoms with Crippen LogP contribution in [0.3, 0.4) is 0 Å². The van der Waals surface area contributed by atoms with Crippen LogP contribution in [-0.2, 0) is 16.4 Å². The molecule has 5 nitrogen and oxygen atoms in total. The minimum atomic E-state index is -3.77. The van der Waals surface area contributed by atoms with Crippen molar-refractivity contribution in [2.45, 2.75) is 38.5 Å². The number of hydrogen-bond donors (Lipinski definition) is 2. The van der Waals surface area contributed by atoms with E-state index in [1.165, 1.54) is 12.1 Å². The topological polar surface area (TPSA) is 75.3 Å². The predicted octanol–water partition coefficient (Wildman–Crippen LogP) is 3.83. The zero-order valence-electron chi connectivity index (χ0n) is 15.5. The van der Waals surface area contributed by atoms with Gasteiger partial charge in [0, 0.05) is 12.1 Å². The predicted molar refractivity (Wildman–Crippen MR) is 105 cm³/mol. The van der Waals surface area contributed by atoms with E-state index in [4.69, 9.17) is 0 Å². The van der Waals surface area contributed by atoms with Crippen molar-refractivity contribution >= 4 is 21.6 Å². The highest BCUT2D eigenvalue weighted by atomic mass is 32.2. The van der Waals surface area contributed by atoms with E-state index in [2.05, 4.69) is 23.9 Å². The maximum atomic E-state index is 12.7. The molecule has 2 N–H and O–H groups in total. The van der Waals surface area contributed by atoms with Gasteiger partial charge in [0.2, 0.25) is 0 Å². The summed E-state index contributed by atoms with van der Waals surface area (Å²) in [5.74, 6) is 0.224. The summed E-state index contributed by atoms with van der Waals surface area (Å²) in [7, 11) is -3.77. The lowest BCUT2D eigenvalue weighted by molar-refractivity contribution is 0.0952. The van der Waals surface area contributed by atoms with Crippen LogP contribution in [-0.4, -0.2) is 20.9 Å². The minimum Gasteiger partial charge on any atom is -0.352 e. The summed E-state index contributed by atoms with van der Waals surface area (Å²) in [5.41, 5.74) is 1.81. The quantitative estimate of drug-likeness (QED) is 0.737. The molecule has 0 bridgehead atoms. The summed E-state index contributed by atoms with van der Waals surface area (Å²) in [5, 5.41) is 2.82. The van der Waals surface area contributed by atoms with E-state index in [0.717, 1.165) is 18.4 Å². The number of carbonyl (C=O) groups is 1. The molecule has 26 heavy (non-hydrogen) atoms. The lowest BCUT2D eigenvalue weighted by Gasteiger charge is -2.12. The second-order valence-corrected chi connectivity index (χ2v) is 8.26. The van der Waals surface area contributed by atoms with Gasteiger partial charge in [-0.05, 0) is 48.6 Å². The minimum absolute atomic E-state index is 0.0694. The molecule has 0 saturated heterocycles. The van der Waals surface area contributed by atoms with E-state index in [9.17, 15) is 13.2 Å². The van der Waals surface area contributed by atoms with Crippen LogP contribution >= 0.6 is 0 Å². The summed E-state index contributed by atoms with van der Waals surface area (Å²) in [6.07, 6.45) is 1.59. The summed E-state index contributed by atoms with van der Waals surface area (Å²) in [6, 6.07) is 13.4. The Balaban J connectivity index is 2.18. The molecule has 0 heterocycles. The highest BCUT2D eigenvalue weighted by Gasteiger charge is 2.17. The Labute approximate surface area is 155 Å². The van der Waals surface area contributed by atoms with Gasteiger partial charge in [-0.2, -0.15) is 0 Å². The van der Waals surface area contributed by atoms with Crippen molar-refractivity contribution in [2.75, 3.05) is 11.3 Å². The number of benzene rings is 2. The van der Waals surface area contributed by atoms with Crippen LogP contribution in [0, 0.1) is 5.92 Å². The molecule has 0 spiro atoms. The van der Waals surface area contributed by atoms with E-state index in [1.54, 1.807) is 24.3 Å². The second-order valence-electron chi connectivity index (χ2n) is 6.58. The molecule has 140 valence electrons. The zero-order valence-corrected chi connectivity index (χ0v) is 16.3. The van der Waals surface area contributed by atoms with Gasteiger partial charge in [-0.1, -0.05) is 45.0 Å². The Morgan fingerprint density at radius 1 is 1.08 bits per heavy atom. The molecule has 0 fully saturated rings. The fourth-order valence-electron chi connectivity index (χ4n) is 2.51. The van der Waals surface area contributed by atoms with Gasteiger partial charge < -0.3 is 5.32 Å². The number of para-hydroxylation sites is 1. The molecule has 0 atom stereocenters. The normalized spacial score (nSPS) is 11.4. The molecule has 6 heteroatoms. The lowest BCUT2D eigenvalue weighted by atomic mass is 10.1. The fourth-order valence-corrected chi connectivity index (χ4v) is 3.66. The van der Waals surface area contributed by atoms with E-state index < -0.39 is 10.0 Å². The summed E-state index contributed by atoms with van der Waals surface area (Å²) in [6.45, 7) is 6.70. The van der Waals surface area contributed by atoms with Crippen molar-refractivity contribution in [3.8, 4) is 0 Å². The van der Waals surface area contributed by atoms with Crippen LogP contribution in [0.4, 0.5) is 5.69 Å². The fraction of sp³-hybridized carbons (Fsp3) is 0.350. The molecule has 0 aliphatic carbocycles. The molecule has 0 saturated carbocycles. The third-order valence-electron chi connectivity index (χ3n) is 4.06. The van der Waals surface area contributed by atoms with E-state index in [1.807, 2.05) is 19.1 Å². The number of carbonyl (C=O) groups excluding carboxylic acids is 1. The number of aryl methyl sites for hydroxylation is 1. The van der Waals surface area contributed by atoms with Crippen LogP contribution < -0.4 is 10.0 Å². The smallest absolute Gasteiger partial charge is 0.261 e. The van der Waals surface area contributed by atoms with Gasteiger partial charge in [-0.15, -0.1) is 0 Å². The highest BCUT2D eigenvalue weighted by molar-refractivity contribution is 7.92. The van der Waals surface area contributed by atoms with Gasteiger partial charge in [-0.25, -0.2) is 8.42 Å². The van der Waals surface area contributed by atoms with E-state index in [0.29, 0.717) is 23.7 Å². The summed E-state index contributed by atoms with van der Waals surface area (Å²) < 4.78 is 28.0. The van der Waals surface area contributed by atoms with Crippen molar-refractivity contribution in [1.29, 1.82) is 0 Å². The van der Waals surface area contributed by atoms with Crippen LogP contribution in [0.1, 0.15) is 43.1 Å². The Bertz CT molecular complexity index is 861. The molecule has 0 aliphatic heterocycles. The van der Waals surface area contributed by atoms with Crippen LogP contribution in [0.5, 0.6) is 0 Å². The number of hydrogen-bond acceptors (Lipinski definition) is 3. The van der Waals surface area contributed by atoms with Crippen molar-refractivity contribution < 1.29 is 13.2 Å². The molecule has 1 amide bonds. The maximum absolute atomic E-state index is 12.7. The maximum Gasteiger partial charge on any atom is 0.261 e. The second kappa shape index (κ2) is 8.85. The highest BCUT2D eigenvalue weighted by Crippen LogP contribution is 2.21. The van der Waals surface area contributed by atoms with Gasteiger partial charge in [-0.3, -0.25) is 9.52 Å². The van der Waals surface area contributed by atoms with Gasteiger partial charge in [0.05, 0.1) is 10.6 Å². The standard InChI is InChI=1S/C20H26N2O3S/c1-4-16-8-5-6-11-19(16)22-26(24,25)18-10-7-9-17(14-18)20(23)21-13-12-15(2)3/h5-11,14-15,22H,4,12-13H2,1-3H3,(H,21,23). The number of sulfonamides is 1. The van der Waals surface area contributed by atoms with Crippen LogP contribution in [0.2, 0.25) is 0 Å². The number of nitrogens with one attached hydrogen (secondary N) is 2. The van der Waals surface area contributed by atoms with Gasteiger partial charge in [0.25, 0.3) is 15.9 Å². The first-order valence-electron chi connectivity index (χ1n) is 8.82. The zero-order chi connectivity index (χ0) is 19.2. The third kappa shape index (κ3) is 5.33. The number of amides is 1. The molecule has 2 rings (SSSR count). The molecular weight excluding hydrogens is 348 g/mol. The first-order valence-corrected chi connectivity index (χ1v) is 10.3. The van der Waals surface area contributed by atoms with Crippen LogP contribution in [0.25, 0.3) is 0 Å². The van der Waals surface area contributed by atoms with E-state index in [-0.39, 0.29) is 10.8 Å². The summed E-state index contributed by atoms with van der Waals surface area (Å²) in [4.78, 5) is 12.3. The third-order valence-corrected chi connectivity index (χ3v) is 5.42. The van der Waals surface area contributed by atoms with Crippen molar-refractivity contribution in [3.63, 3.8) is 0 Å². The summed E-state index contributed by atoms with van der Waals surface area (Å²) >= 11 is 0. The monoisotopic (exact) mass is 374 g/mol. The van der Waals surface area contributed by atoms with E-state index >= 15 is 0 Å².